The highest BCUT2D eigenvalue weighted by atomic mass is 32.2. The van der Waals surface area contributed by atoms with Crippen LogP contribution in [0.15, 0.2) is 0 Å². The maximum Gasteiger partial charge on any atom is 0.465 e. The van der Waals surface area contributed by atoms with Gasteiger partial charge in [-0.3, -0.25) is 4.55 Å². The fraction of sp³-hybridized carbons (Fsp3) is 0.882. The van der Waals surface area contributed by atoms with Crippen LogP contribution in [-0.2, 0) is 38.7 Å². The summed E-state index contributed by atoms with van der Waals surface area (Å²) >= 11 is 0. The molecule has 0 aromatic carbocycles. The normalized spacial score (nSPS) is 39.3. The van der Waals surface area contributed by atoms with Crippen LogP contribution in [0.3, 0.4) is 0 Å². The lowest BCUT2D eigenvalue weighted by molar-refractivity contribution is -0.280. The molecule has 2 heterocycles. The SMILES string of the molecule is O=C1OCC2OC3(OC12)C1CCCC(C1)CC3CCOC(=O)C(F)(F)S(=O)(=O)O. The molecule has 4 fully saturated rings. The van der Waals surface area contributed by atoms with Crippen LogP contribution < -0.4 is 0 Å². The Morgan fingerprint density at radius 2 is 2.03 bits per heavy atom. The summed E-state index contributed by atoms with van der Waals surface area (Å²) in [6, 6.07) is 0. The molecule has 0 radical (unpaired) electrons. The van der Waals surface area contributed by atoms with E-state index < -0.39 is 51.9 Å². The van der Waals surface area contributed by atoms with Crippen molar-refractivity contribution in [2.75, 3.05) is 13.2 Å². The van der Waals surface area contributed by atoms with Crippen LogP contribution in [0.2, 0.25) is 0 Å². The van der Waals surface area contributed by atoms with E-state index in [1.807, 2.05) is 0 Å². The molecule has 2 aliphatic carbocycles. The molecular weight excluding hydrogens is 418 g/mol. The van der Waals surface area contributed by atoms with Gasteiger partial charge in [-0.1, -0.05) is 12.8 Å². The van der Waals surface area contributed by atoms with Gasteiger partial charge >= 0.3 is 27.3 Å². The summed E-state index contributed by atoms with van der Waals surface area (Å²) < 4.78 is 78.2. The molecule has 164 valence electrons. The van der Waals surface area contributed by atoms with Gasteiger partial charge in [-0.05, 0) is 31.6 Å². The Bertz CT molecular complexity index is 801. The average molecular weight is 440 g/mol. The van der Waals surface area contributed by atoms with Gasteiger partial charge in [0.15, 0.2) is 11.9 Å². The zero-order chi connectivity index (χ0) is 21.0. The van der Waals surface area contributed by atoms with Crippen molar-refractivity contribution in [3.8, 4) is 0 Å². The van der Waals surface area contributed by atoms with Crippen molar-refractivity contribution in [2.24, 2.45) is 17.8 Å². The van der Waals surface area contributed by atoms with Crippen LogP contribution in [0.4, 0.5) is 8.78 Å². The van der Waals surface area contributed by atoms with Gasteiger partial charge in [0.1, 0.15) is 12.7 Å². The molecule has 29 heavy (non-hydrogen) atoms. The van der Waals surface area contributed by atoms with Crippen LogP contribution in [0.5, 0.6) is 0 Å². The van der Waals surface area contributed by atoms with E-state index in [0.717, 1.165) is 25.7 Å². The molecule has 4 rings (SSSR count). The van der Waals surface area contributed by atoms with Crippen LogP contribution >= 0.6 is 0 Å². The molecule has 6 atom stereocenters. The summed E-state index contributed by atoms with van der Waals surface area (Å²) in [5.41, 5.74) is 0. The molecule has 0 amide bonds. The highest BCUT2D eigenvalue weighted by Gasteiger charge is 2.63. The summed E-state index contributed by atoms with van der Waals surface area (Å²) in [4.78, 5) is 23.3. The second-order valence-electron chi connectivity index (χ2n) is 8.12. The van der Waals surface area contributed by atoms with Crippen LogP contribution in [0.1, 0.15) is 38.5 Å². The fourth-order valence-electron chi connectivity index (χ4n) is 5.13. The summed E-state index contributed by atoms with van der Waals surface area (Å²) in [5.74, 6) is -3.82. The standard InChI is InChI=1S/C17H22F2O9S/c18-17(19,29(22,23)24)15(21)25-5-4-11-7-9-2-1-3-10(6-9)16(11)27-12-8-26-14(20)13(12)28-16/h9-13H,1-8H2,(H,22,23,24). The minimum atomic E-state index is -5.92. The largest absolute Gasteiger partial charge is 0.465 e. The van der Waals surface area contributed by atoms with E-state index in [-0.39, 0.29) is 24.9 Å². The summed E-state index contributed by atoms with van der Waals surface area (Å²) in [5, 5.41) is -5.03. The Balaban J connectivity index is 1.47. The fourth-order valence-corrected chi connectivity index (χ4v) is 5.40. The molecule has 2 bridgehead atoms. The number of carbonyl (C=O) groups is 2. The number of ether oxygens (including phenoxy) is 4. The number of esters is 2. The first-order valence-corrected chi connectivity index (χ1v) is 11.0. The molecule has 4 aliphatic rings. The number of cyclic esters (lactones) is 1. The van der Waals surface area contributed by atoms with E-state index in [2.05, 4.69) is 4.74 Å². The molecular formula is C17H22F2O9S. The molecule has 6 unspecified atom stereocenters. The average Bonchev–Trinajstić information content (AvgIpc) is 3.19. The van der Waals surface area contributed by atoms with Gasteiger partial charge < -0.3 is 18.9 Å². The predicted molar refractivity (Wildman–Crippen MR) is 89.1 cm³/mol. The van der Waals surface area contributed by atoms with E-state index in [4.69, 9.17) is 18.8 Å². The number of halogens is 2. The first-order chi connectivity index (χ1) is 13.5. The Morgan fingerprint density at radius 1 is 1.28 bits per heavy atom. The smallest absolute Gasteiger partial charge is 0.461 e. The maximum absolute atomic E-state index is 13.4. The first kappa shape index (κ1) is 20.9. The third-order valence-corrected chi connectivity index (χ3v) is 7.22. The predicted octanol–water partition coefficient (Wildman–Crippen LogP) is 1.26. The van der Waals surface area contributed by atoms with Crippen LogP contribution in [0, 0.1) is 17.8 Å². The molecule has 1 spiro atoms. The molecule has 1 N–H and O–H groups in total. The number of fused-ring (bicyclic) bond motifs is 4. The summed E-state index contributed by atoms with van der Waals surface area (Å²) in [6.07, 6.45) is 3.08. The summed E-state index contributed by atoms with van der Waals surface area (Å²) in [7, 11) is -5.92. The van der Waals surface area contributed by atoms with Crippen molar-refractivity contribution < 1.29 is 50.3 Å². The van der Waals surface area contributed by atoms with Crippen molar-refractivity contribution in [1.82, 2.24) is 0 Å². The highest BCUT2D eigenvalue weighted by Crippen LogP contribution is 2.55. The zero-order valence-electron chi connectivity index (χ0n) is 15.4. The molecule has 0 aromatic rings. The second kappa shape index (κ2) is 7.10. The van der Waals surface area contributed by atoms with Crippen molar-refractivity contribution in [1.29, 1.82) is 0 Å². The molecule has 2 aliphatic heterocycles. The van der Waals surface area contributed by atoms with Gasteiger partial charge in [0, 0.05) is 11.8 Å². The first-order valence-electron chi connectivity index (χ1n) is 9.59. The minimum absolute atomic E-state index is 0.0216. The number of hydrogen-bond acceptors (Lipinski definition) is 8. The van der Waals surface area contributed by atoms with Crippen molar-refractivity contribution in [3.63, 3.8) is 0 Å². The molecule has 0 aromatic heterocycles. The van der Waals surface area contributed by atoms with Gasteiger partial charge in [0.25, 0.3) is 0 Å². The zero-order valence-corrected chi connectivity index (χ0v) is 16.2. The quantitative estimate of drug-likeness (QED) is 0.497. The lowest BCUT2D eigenvalue weighted by atomic mass is 9.63. The lowest BCUT2D eigenvalue weighted by Gasteiger charge is -2.51. The van der Waals surface area contributed by atoms with E-state index in [1.165, 1.54) is 0 Å². The van der Waals surface area contributed by atoms with Gasteiger partial charge in [-0.25, -0.2) is 9.59 Å². The van der Waals surface area contributed by atoms with Gasteiger partial charge in [0.2, 0.25) is 0 Å². The number of carbonyl (C=O) groups excluding carboxylic acids is 2. The van der Waals surface area contributed by atoms with E-state index >= 15 is 0 Å². The van der Waals surface area contributed by atoms with Crippen molar-refractivity contribution in [3.05, 3.63) is 0 Å². The monoisotopic (exact) mass is 440 g/mol. The molecule has 9 nitrogen and oxygen atoms in total. The molecule has 2 saturated heterocycles. The molecule has 12 heteroatoms. The van der Waals surface area contributed by atoms with Gasteiger partial charge in [0.05, 0.1) is 6.61 Å². The van der Waals surface area contributed by atoms with Crippen LogP contribution in [0.25, 0.3) is 0 Å². The van der Waals surface area contributed by atoms with E-state index in [0.29, 0.717) is 12.3 Å². The highest BCUT2D eigenvalue weighted by molar-refractivity contribution is 7.87. The topological polar surface area (TPSA) is 125 Å². The Labute approximate surface area is 165 Å². The Morgan fingerprint density at radius 3 is 2.72 bits per heavy atom. The Kier molecular flexibility index (Phi) is 5.11. The number of hydrogen-bond donors (Lipinski definition) is 1. The van der Waals surface area contributed by atoms with Gasteiger partial charge in [-0.2, -0.15) is 17.2 Å². The third-order valence-electron chi connectivity index (χ3n) is 6.41. The van der Waals surface area contributed by atoms with E-state index in [1.54, 1.807) is 0 Å². The maximum atomic E-state index is 13.4. The van der Waals surface area contributed by atoms with Gasteiger partial charge in [-0.15, -0.1) is 0 Å². The van der Waals surface area contributed by atoms with Crippen molar-refractivity contribution >= 4 is 22.1 Å². The molecule has 2 saturated carbocycles. The van der Waals surface area contributed by atoms with E-state index in [9.17, 15) is 26.8 Å². The second-order valence-corrected chi connectivity index (χ2v) is 9.59. The van der Waals surface area contributed by atoms with Crippen LogP contribution in [-0.4, -0.2) is 61.4 Å². The summed E-state index contributed by atoms with van der Waals surface area (Å²) in [6.45, 7) is -0.411. The third kappa shape index (κ3) is 3.43. The lowest BCUT2D eigenvalue weighted by Crippen LogP contribution is -2.54. The Hall–Kier alpha value is -1.37. The van der Waals surface area contributed by atoms with Crippen molar-refractivity contribution in [2.45, 2.75) is 61.8 Å². The minimum Gasteiger partial charge on any atom is -0.461 e. The number of alkyl halides is 2. The number of rotatable bonds is 5.